The maximum absolute atomic E-state index is 11.3. The van der Waals surface area contributed by atoms with Crippen LogP contribution in [0.25, 0.3) is 0 Å². The Morgan fingerprint density at radius 3 is 2.62 bits per heavy atom. The molecule has 1 aliphatic heterocycles. The van der Waals surface area contributed by atoms with Crippen LogP contribution in [0.15, 0.2) is 23.1 Å². The number of anilines is 1. The van der Waals surface area contributed by atoms with Gasteiger partial charge in [-0.05, 0) is 42.4 Å². The van der Waals surface area contributed by atoms with Crippen LogP contribution in [0.2, 0.25) is 0 Å². The second kappa shape index (κ2) is 6.63. The van der Waals surface area contributed by atoms with Gasteiger partial charge in [0, 0.05) is 18.3 Å². The van der Waals surface area contributed by atoms with Gasteiger partial charge < -0.3 is 5.32 Å². The average molecular weight is 331 g/mol. The Labute approximate surface area is 127 Å². The Balaban J connectivity index is 2.14. The van der Waals surface area contributed by atoms with Crippen LogP contribution in [0.5, 0.6) is 0 Å². The minimum Gasteiger partial charge on any atom is -0.385 e. The molecular weight excluding hydrogens is 314 g/mol. The highest BCUT2D eigenvalue weighted by molar-refractivity contribution is 7.99. The first-order valence-corrected chi connectivity index (χ1v) is 9.21. The third-order valence-electron chi connectivity index (χ3n) is 3.40. The van der Waals surface area contributed by atoms with Crippen molar-refractivity contribution in [1.82, 2.24) is 0 Å². The van der Waals surface area contributed by atoms with Gasteiger partial charge in [0.05, 0.1) is 4.92 Å². The summed E-state index contributed by atoms with van der Waals surface area (Å²) >= 11 is 1.93. The number of benzene rings is 1. The molecule has 3 N–H and O–H groups in total. The van der Waals surface area contributed by atoms with Crippen LogP contribution >= 0.6 is 11.8 Å². The van der Waals surface area contributed by atoms with E-state index in [1.165, 1.54) is 18.2 Å². The summed E-state index contributed by atoms with van der Waals surface area (Å²) in [6.45, 7) is 0.729. The molecule has 0 aromatic heterocycles. The van der Waals surface area contributed by atoms with Crippen molar-refractivity contribution in [2.45, 2.75) is 17.7 Å². The summed E-state index contributed by atoms with van der Waals surface area (Å²) < 4.78 is 22.7. The Hall–Kier alpha value is -1.32. The van der Waals surface area contributed by atoms with E-state index in [1.807, 2.05) is 11.8 Å². The van der Waals surface area contributed by atoms with Gasteiger partial charge in [-0.15, -0.1) is 0 Å². The molecule has 7 nitrogen and oxygen atoms in total. The van der Waals surface area contributed by atoms with Gasteiger partial charge in [-0.25, -0.2) is 13.6 Å². The number of primary sulfonamides is 1. The molecule has 0 atom stereocenters. The van der Waals surface area contributed by atoms with Gasteiger partial charge in [0.25, 0.3) is 5.69 Å². The summed E-state index contributed by atoms with van der Waals surface area (Å²) in [5.41, 5.74) is 0.0361. The maximum Gasteiger partial charge on any atom is 0.291 e. The standard InChI is InChI=1S/C12H17N3O4S2/c13-21(18,19)12-2-1-10(7-11(12)15(16)17)14-8-9-3-5-20-6-4-9/h1-2,7,9,14H,3-6,8H2,(H2,13,18,19). The van der Waals surface area contributed by atoms with Crippen molar-refractivity contribution < 1.29 is 13.3 Å². The summed E-state index contributed by atoms with van der Waals surface area (Å²) in [6, 6.07) is 3.90. The fourth-order valence-electron chi connectivity index (χ4n) is 2.22. The molecule has 1 aromatic rings. The Kier molecular flexibility index (Phi) is 5.07. The topological polar surface area (TPSA) is 115 Å². The Bertz CT molecular complexity index is 627. The van der Waals surface area contributed by atoms with Crippen LogP contribution in [0, 0.1) is 16.0 Å². The van der Waals surface area contributed by atoms with Crippen molar-refractivity contribution in [3.05, 3.63) is 28.3 Å². The quantitative estimate of drug-likeness (QED) is 0.628. The van der Waals surface area contributed by atoms with Crippen molar-refractivity contribution >= 4 is 33.2 Å². The number of rotatable bonds is 5. The molecular formula is C12H17N3O4S2. The third kappa shape index (κ3) is 4.32. The number of hydrogen-bond donors (Lipinski definition) is 2. The molecule has 0 radical (unpaired) electrons. The van der Waals surface area contributed by atoms with Crippen LogP contribution in [-0.4, -0.2) is 31.4 Å². The number of nitro groups is 1. The molecule has 1 aliphatic rings. The predicted octanol–water partition coefficient (Wildman–Crippen LogP) is 1.80. The van der Waals surface area contributed by atoms with E-state index in [1.54, 1.807) is 0 Å². The van der Waals surface area contributed by atoms with Gasteiger partial charge in [0.1, 0.15) is 0 Å². The van der Waals surface area contributed by atoms with Crippen molar-refractivity contribution in [3.63, 3.8) is 0 Å². The van der Waals surface area contributed by atoms with Crippen molar-refractivity contribution in [2.75, 3.05) is 23.4 Å². The number of sulfonamides is 1. The van der Waals surface area contributed by atoms with Crippen LogP contribution in [0.1, 0.15) is 12.8 Å². The summed E-state index contributed by atoms with van der Waals surface area (Å²) in [5.74, 6) is 2.82. The van der Waals surface area contributed by atoms with Crippen LogP contribution in [0.4, 0.5) is 11.4 Å². The molecule has 0 amide bonds. The zero-order chi connectivity index (χ0) is 15.5. The van der Waals surface area contributed by atoms with E-state index in [-0.39, 0.29) is 0 Å². The van der Waals surface area contributed by atoms with E-state index in [0.717, 1.165) is 30.9 Å². The normalized spacial score (nSPS) is 16.6. The van der Waals surface area contributed by atoms with E-state index < -0.39 is 25.5 Å². The smallest absolute Gasteiger partial charge is 0.291 e. The lowest BCUT2D eigenvalue weighted by atomic mass is 10.0. The average Bonchev–Trinajstić information content (AvgIpc) is 2.45. The minimum absolute atomic E-state index is 0.466. The van der Waals surface area contributed by atoms with Gasteiger partial charge in [-0.3, -0.25) is 10.1 Å². The predicted molar refractivity (Wildman–Crippen MR) is 83.0 cm³/mol. The van der Waals surface area contributed by atoms with E-state index >= 15 is 0 Å². The Morgan fingerprint density at radius 1 is 1.38 bits per heavy atom. The highest BCUT2D eigenvalue weighted by atomic mass is 32.2. The first-order chi connectivity index (χ1) is 9.88. The number of hydrogen-bond acceptors (Lipinski definition) is 6. The number of nitrogens with zero attached hydrogens (tertiary/aromatic N) is 1. The third-order valence-corrected chi connectivity index (χ3v) is 5.40. The molecule has 21 heavy (non-hydrogen) atoms. The van der Waals surface area contributed by atoms with Crippen molar-refractivity contribution in [2.24, 2.45) is 11.1 Å². The molecule has 0 unspecified atom stereocenters. The summed E-state index contributed by atoms with van der Waals surface area (Å²) in [4.78, 5) is 9.78. The second-order valence-corrected chi connectivity index (χ2v) is 7.68. The SMILES string of the molecule is NS(=O)(=O)c1ccc(NCC2CCSCC2)cc1[N+](=O)[O-]. The zero-order valence-corrected chi connectivity index (χ0v) is 13.0. The van der Waals surface area contributed by atoms with E-state index in [9.17, 15) is 18.5 Å². The molecule has 1 heterocycles. The molecule has 116 valence electrons. The molecule has 9 heteroatoms. The highest BCUT2D eigenvalue weighted by Crippen LogP contribution is 2.27. The van der Waals surface area contributed by atoms with Gasteiger partial charge in [0.15, 0.2) is 4.90 Å². The van der Waals surface area contributed by atoms with Gasteiger partial charge in [-0.2, -0.15) is 11.8 Å². The molecule has 2 rings (SSSR count). The number of nitrogens with two attached hydrogens (primary N) is 1. The van der Waals surface area contributed by atoms with Gasteiger partial charge >= 0.3 is 0 Å². The minimum atomic E-state index is -4.10. The fourth-order valence-corrected chi connectivity index (χ4v) is 4.11. The molecule has 1 aromatic carbocycles. The molecule has 1 fully saturated rings. The van der Waals surface area contributed by atoms with Crippen LogP contribution in [0.3, 0.4) is 0 Å². The first-order valence-electron chi connectivity index (χ1n) is 6.51. The monoisotopic (exact) mass is 331 g/mol. The molecule has 0 aliphatic carbocycles. The molecule has 0 spiro atoms. The number of nitrogens with one attached hydrogen (secondary N) is 1. The first kappa shape index (κ1) is 16.1. The molecule has 0 bridgehead atoms. The lowest BCUT2D eigenvalue weighted by Crippen LogP contribution is -2.19. The lowest BCUT2D eigenvalue weighted by molar-refractivity contribution is -0.387. The van der Waals surface area contributed by atoms with Gasteiger partial charge in [0.2, 0.25) is 10.0 Å². The van der Waals surface area contributed by atoms with E-state index in [4.69, 9.17) is 5.14 Å². The van der Waals surface area contributed by atoms with E-state index in [2.05, 4.69) is 5.32 Å². The largest absolute Gasteiger partial charge is 0.385 e. The lowest BCUT2D eigenvalue weighted by Gasteiger charge is -2.22. The number of thioether (sulfide) groups is 1. The molecule has 1 saturated heterocycles. The molecule has 0 saturated carbocycles. The van der Waals surface area contributed by atoms with E-state index in [0.29, 0.717) is 11.6 Å². The number of nitro benzene ring substituents is 1. The fraction of sp³-hybridized carbons (Fsp3) is 0.500. The second-order valence-electron chi connectivity index (χ2n) is 4.92. The van der Waals surface area contributed by atoms with Crippen LogP contribution in [-0.2, 0) is 10.0 Å². The summed E-state index contributed by atoms with van der Waals surface area (Å²) in [6.07, 6.45) is 2.24. The maximum atomic E-state index is 11.3. The summed E-state index contributed by atoms with van der Waals surface area (Å²) in [7, 11) is -4.10. The summed E-state index contributed by atoms with van der Waals surface area (Å²) in [5, 5.41) is 19.1. The zero-order valence-electron chi connectivity index (χ0n) is 11.3. The van der Waals surface area contributed by atoms with Gasteiger partial charge in [-0.1, -0.05) is 0 Å². The van der Waals surface area contributed by atoms with Crippen molar-refractivity contribution in [1.29, 1.82) is 0 Å². The highest BCUT2D eigenvalue weighted by Gasteiger charge is 2.23. The van der Waals surface area contributed by atoms with Crippen LogP contribution < -0.4 is 10.5 Å². The van der Waals surface area contributed by atoms with Crippen molar-refractivity contribution in [3.8, 4) is 0 Å². The Morgan fingerprint density at radius 2 is 2.05 bits per heavy atom.